The first-order chi connectivity index (χ1) is 12.9. The number of nitrogens with zero attached hydrogens (tertiary/aromatic N) is 3. The van der Waals surface area contributed by atoms with Crippen LogP contribution in [0.5, 0.6) is 5.75 Å². The molecule has 10 heteroatoms. The van der Waals surface area contributed by atoms with Crippen LogP contribution in [-0.2, 0) is 6.54 Å². The summed E-state index contributed by atoms with van der Waals surface area (Å²) in [6, 6.07) is 5.12. The SMILES string of the molecule is C=CCn1c(-c2sc(NC(=O)c3ccc(OC)c(Br)c3)nc2C)n[nH]c1=S. The number of hydrogen-bond donors (Lipinski definition) is 2. The van der Waals surface area contributed by atoms with Crippen LogP contribution in [-0.4, -0.2) is 32.8 Å². The van der Waals surface area contributed by atoms with Crippen molar-refractivity contribution in [2.24, 2.45) is 0 Å². The summed E-state index contributed by atoms with van der Waals surface area (Å²) in [5, 5.41) is 10.4. The number of hydrogen-bond acceptors (Lipinski definition) is 6. The molecule has 2 heterocycles. The van der Waals surface area contributed by atoms with Gasteiger partial charge in [-0.05, 0) is 53.3 Å². The number of aromatic amines is 1. The molecule has 7 nitrogen and oxygen atoms in total. The molecule has 0 saturated carbocycles. The van der Waals surface area contributed by atoms with Gasteiger partial charge in [0.1, 0.15) is 5.75 Å². The lowest BCUT2D eigenvalue weighted by atomic mass is 10.2. The Morgan fingerprint density at radius 2 is 2.33 bits per heavy atom. The first-order valence-electron chi connectivity index (χ1n) is 7.83. The van der Waals surface area contributed by atoms with E-state index < -0.39 is 0 Å². The molecule has 0 aliphatic carbocycles. The number of halogens is 1. The molecule has 0 unspecified atom stereocenters. The molecule has 0 aliphatic rings. The molecule has 2 aromatic heterocycles. The third kappa shape index (κ3) is 4.02. The summed E-state index contributed by atoms with van der Waals surface area (Å²) in [5.41, 5.74) is 1.25. The first kappa shape index (κ1) is 19.5. The van der Waals surface area contributed by atoms with E-state index in [2.05, 4.69) is 43.0 Å². The molecule has 0 spiro atoms. The van der Waals surface area contributed by atoms with Crippen LogP contribution < -0.4 is 10.1 Å². The lowest BCUT2D eigenvalue weighted by Crippen LogP contribution is -2.11. The highest BCUT2D eigenvalue weighted by atomic mass is 79.9. The van der Waals surface area contributed by atoms with Crippen LogP contribution in [0.3, 0.4) is 0 Å². The van der Waals surface area contributed by atoms with Gasteiger partial charge in [-0.15, -0.1) is 6.58 Å². The second kappa shape index (κ2) is 8.15. The number of anilines is 1. The number of H-pyrrole nitrogens is 1. The van der Waals surface area contributed by atoms with Gasteiger partial charge in [0.15, 0.2) is 15.7 Å². The highest BCUT2D eigenvalue weighted by molar-refractivity contribution is 9.10. The van der Waals surface area contributed by atoms with E-state index in [1.165, 1.54) is 11.3 Å². The molecule has 3 rings (SSSR count). The van der Waals surface area contributed by atoms with E-state index in [-0.39, 0.29) is 5.91 Å². The largest absolute Gasteiger partial charge is 0.496 e. The highest BCUT2D eigenvalue weighted by Crippen LogP contribution is 2.32. The van der Waals surface area contributed by atoms with Crippen molar-refractivity contribution in [2.75, 3.05) is 12.4 Å². The van der Waals surface area contributed by atoms with Crippen molar-refractivity contribution in [1.82, 2.24) is 19.7 Å². The molecule has 3 aromatic rings. The summed E-state index contributed by atoms with van der Waals surface area (Å²) in [6.07, 6.45) is 1.75. The van der Waals surface area contributed by atoms with Crippen LogP contribution in [0.15, 0.2) is 35.3 Å². The smallest absolute Gasteiger partial charge is 0.257 e. The topological polar surface area (TPSA) is 84.8 Å². The van der Waals surface area contributed by atoms with Gasteiger partial charge < -0.3 is 4.74 Å². The molecule has 1 aromatic carbocycles. The quantitative estimate of drug-likeness (QED) is 0.410. The standard InChI is InChI=1S/C17H16BrN5O2S2/c1-4-7-23-14(21-22-17(23)26)13-9(2)19-16(27-13)20-15(24)10-5-6-12(25-3)11(18)8-10/h4-6,8H,1,7H2,2-3H3,(H,22,26)(H,19,20,24). The van der Waals surface area contributed by atoms with Gasteiger partial charge in [-0.25, -0.2) is 4.98 Å². The van der Waals surface area contributed by atoms with Crippen LogP contribution in [0.2, 0.25) is 0 Å². The Hall–Kier alpha value is -2.30. The van der Waals surface area contributed by atoms with Gasteiger partial charge >= 0.3 is 0 Å². The Morgan fingerprint density at radius 1 is 1.56 bits per heavy atom. The van der Waals surface area contributed by atoms with Crippen molar-refractivity contribution in [2.45, 2.75) is 13.5 Å². The number of thiazole rings is 1. The predicted molar refractivity (Wildman–Crippen MR) is 112 cm³/mol. The third-order valence-electron chi connectivity index (χ3n) is 3.70. The minimum absolute atomic E-state index is 0.261. The van der Waals surface area contributed by atoms with Gasteiger partial charge in [0.25, 0.3) is 5.91 Å². The van der Waals surface area contributed by atoms with Crippen molar-refractivity contribution < 1.29 is 9.53 Å². The Bertz CT molecular complexity index is 1070. The number of carbonyl (C=O) groups is 1. The molecule has 2 N–H and O–H groups in total. The van der Waals surface area contributed by atoms with Crippen molar-refractivity contribution in [1.29, 1.82) is 0 Å². The molecule has 0 atom stereocenters. The number of ether oxygens (including phenoxy) is 1. The fraction of sp³-hybridized carbons (Fsp3) is 0.176. The van der Waals surface area contributed by atoms with Crippen molar-refractivity contribution in [3.8, 4) is 16.5 Å². The predicted octanol–water partition coefficient (Wildman–Crippen LogP) is 4.58. The third-order valence-corrected chi connectivity index (χ3v) is 5.70. The van der Waals surface area contributed by atoms with E-state index in [1.807, 2.05) is 11.5 Å². The van der Waals surface area contributed by atoms with E-state index in [4.69, 9.17) is 17.0 Å². The maximum Gasteiger partial charge on any atom is 0.257 e. The van der Waals surface area contributed by atoms with E-state index in [0.29, 0.717) is 38.1 Å². The van der Waals surface area contributed by atoms with Crippen LogP contribution in [0.1, 0.15) is 16.1 Å². The minimum atomic E-state index is -0.261. The minimum Gasteiger partial charge on any atom is -0.496 e. The molecule has 27 heavy (non-hydrogen) atoms. The number of benzene rings is 1. The number of amides is 1. The number of rotatable bonds is 6. The number of methoxy groups -OCH3 is 1. The number of allylic oxidation sites excluding steroid dienone is 1. The second-order valence-corrected chi connectivity index (χ2v) is 7.73. The molecular weight excluding hydrogens is 450 g/mol. The molecule has 0 saturated heterocycles. The van der Waals surface area contributed by atoms with E-state index >= 15 is 0 Å². The number of aryl methyl sites for hydroxylation is 1. The van der Waals surface area contributed by atoms with Gasteiger partial charge in [0, 0.05) is 12.1 Å². The molecule has 0 aliphatic heterocycles. The second-order valence-electron chi connectivity index (χ2n) is 5.49. The van der Waals surface area contributed by atoms with Gasteiger partial charge in [0.2, 0.25) is 0 Å². The molecule has 0 bridgehead atoms. The normalized spacial score (nSPS) is 10.6. The van der Waals surface area contributed by atoms with Crippen LogP contribution in [0.4, 0.5) is 5.13 Å². The molecular formula is C17H16BrN5O2S2. The summed E-state index contributed by atoms with van der Waals surface area (Å²) in [4.78, 5) is 17.8. The van der Waals surface area contributed by atoms with Crippen LogP contribution in [0.25, 0.3) is 10.7 Å². The molecule has 1 amide bonds. The fourth-order valence-corrected chi connectivity index (χ4v) is 4.13. The van der Waals surface area contributed by atoms with Crippen molar-refractivity contribution in [3.05, 3.63) is 51.4 Å². The van der Waals surface area contributed by atoms with E-state index in [1.54, 1.807) is 31.4 Å². The van der Waals surface area contributed by atoms with Gasteiger partial charge in [-0.1, -0.05) is 17.4 Å². The summed E-state index contributed by atoms with van der Waals surface area (Å²) in [7, 11) is 1.57. The van der Waals surface area contributed by atoms with Gasteiger partial charge in [-0.3, -0.25) is 19.8 Å². The zero-order chi connectivity index (χ0) is 19.6. The summed E-state index contributed by atoms with van der Waals surface area (Å²) in [5.74, 6) is 1.06. The lowest BCUT2D eigenvalue weighted by Gasteiger charge is -2.06. The Balaban J connectivity index is 1.87. The number of carbonyl (C=O) groups excluding carboxylic acids is 1. The molecule has 0 fully saturated rings. The van der Waals surface area contributed by atoms with Crippen LogP contribution >= 0.6 is 39.5 Å². The van der Waals surface area contributed by atoms with Gasteiger partial charge in [-0.2, -0.15) is 5.10 Å². The lowest BCUT2D eigenvalue weighted by molar-refractivity contribution is 0.102. The fourth-order valence-electron chi connectivity index (χ4n) is 2.42. The maximum atomic E-state index is 12.5. The highest BCUT2D eigenvalue weighted by Gasteiger charge is 2.18. The van der Waals surface area contributed by atoms with Crippen molar-refractivity contribution >= 4 is 50.5 Å². The molecule has 0 radical (unpaired) electrons. The maximum absolute atomic E-state index is 12.5. The average Bonchev–Trinajstić information content (AvgIpc) is 3.17. The monoisotopic (exact) mass is 465 g/mol. The van der Waals surface area contributed by atoms with E-state index in [0.717, 1.165) is 10.6 Å². The summed E-state index contributed by atoms with van der Waals surface area (Å²) >= 11 is 9.97. The van der Waals surface area contributed by atoms with Crippen molar-refractivity contribution in [3.63, 3.8) is 0 Å². The Morgan fingerprint density at radius 3 is 3.00 bits per heavy atom. The Kier molecular flexibility index (Phi) is 5.88. The van der Waals surface area contributed by atoms with Gasteiger partial charge in [0.05, 0.1) is 22.2 Å². The number of nitrogens with one attached hydrogen (secondary N) is 2. The molecule has 140 valence electrons. The zero-order valence-corrected chi connectivity index (χ0v) is 17.8. The average molecular weight is 466 g/mol. The summed E-state index contributed by atoms with van der Waals surface area (Å²) in [6.45, 7) is 6.13. The van der Waals surface area contributed by atoms with E-state index in [9.17, 15) is 4.79 Å². The zero-order valence-electron chi connectivity index (χ0n) is 14.6. The number of aromatic nitrogens is 4. The Labute approximate surface area is 173 Å². The first-order valence-corrected chi connectivity index (χ1v) is 9.85. The summed E-state index contributed by atoms with van der Waals surface area (Å²) < 4.78 is 8.22. The van der Waals surface area contributed by atoms with Crippen LogP contribution in [0, 0.1) is 11.7 Å².